The number of hydrogen-bond donors (Lipinski definition) is 2. The molecule has 0 saturated heterocycles. The molecular weight excluding hydrogens is 252 g/mol. The monoisotopic (exact) mass is 270 g/mol. The molecule has 0 saturated carbocycles. The van der Waals surface area contributed by atoms with Crippen molar-refractivity contribution in [3.8, 4) is 0 Å². The Balaban J connectivity index is 1.59. The van der Waals surface area contributed by atoms with E-state index in [4.69, 9.17) is 0 Å². The first-order chi connectivity index (χ1) is 9.84. The van der Waals surface area contributed by atoms with Gasteiger partial charge < -0.3 is 10.6 Å². The number of carbonyl (C=O) groups excluding carboxylic acids is 1. The summed E-state index contributed by atoms with van der Waals surface area (Å²) < 4.78 is 0. The molecule has 2 heterocycles. The zero-order chi connectivity index (χ0) is 14.0. The summed E-state index contributed by atoms with van der Waals surface area (Å²) in [5.74, 6) is 0.0421. The predicted octanol–water partition coefficient (Wildman–Crippen LogP) is 1.27. The summed E-state index contributed by atoms with van der Waals surface area (Å²) in [6.45, 7) is 1.92. The van der Waals surface area contributed by atoms with Crippen molar-refractivity contribution in [2.75, 3.05) is 6.54 Å². The lowest BCUT2D eigenvalue weighted by molar-refractivity contribution is -0.121. The van der Waals surface area contributed by atoms with E-state index in [1.807, 2.05) is 30.5 Å². The molecule has 0 aliphatic rings. The molecule has 5 nitrogen and oxygen atoms in total. The minimum Gasteiger partial charge on any atom is -0.352 e. The van der Waals surface area contributed by atoms with Crippen LogP contribution < -0.4 is 10.6 Å². The van der Waals surface area contributed by atoms with Gasteiger partial charge in [-0.15, -0.1) is 0 Å². The molecule has 2 aromatic rings. The lowest BCUT2D eigenvalue weighted by atomic mass is 10.2. The van der Waals surface area contributed by atoms with Gasteiger partial charge in [0.15, 0.2) is 0 Å². The van der Waals surface area contributed by atoms with Crippen molar-refractivity contribution in [3.63, 3.8) is 0 Å². The maximum atomic E-state index is 11.6. The fraction of sp³-hybridized carbons (Fsp3) is 0.267. The first kappa shape index (κ1) is 14.1. The highest BCUT2D eigenvalue weighted by Gasteiger charge is 2.01. The minimum atomic E-state index is 0.0421. The number of nitrogens with zero attached hydrogens (tertiary/aromatic N) is 2. The summed E-state index contributed by atoms with van der Waals surface area (Å²) in [6, 6.07) is 7.68. The maximum absolute atomic E-state index is 11.6. The molecule has 104 valence electrons. The Labute approximate surface area is 118 Å². The Bertz CT molecular complexity index is 516. The van der Waals surface area contributed by atoms with Gasteiger partial charge in [-0.05, 0) is 29.3 Å². The summed E-state index contributed by atoms with van der Waals surface area (Å²) in [5, 5.41) is 6.10. The van der Waals surface area contributed by atoms with E-state index >= 15 is 0 Å². The quantitative estimate of drug-likeness (QED) is 0.744. The first-order valence-corrected chi connectivity index (χ1v) is 6.60. The molecule has 20 heavy (non-hydrogen) atoms. The Morgan fingerprint density at radius 3 is 2.60 bits per heavy atom. The van der Waals surface area contributed by atoms with Crippen LogP contribution in [0.25, 0.3) is 0 Å². The summed E-state index contributed by atoms with van der Waals surface area (Å²) in [7, 11) is 0. The number of nitrogens with one attached hydrogen (secondary N) is 2. The normalized spacial score (nSPS) is 10.2. The van der Waals surface area contributed by atoms with Crippen LogP contribution in [0.5, 0.6) is 0 Å². The molecule has 1 amide bonds. The van der Waals surface area contributed by atoms with E-state index in [0.717, 1.165) is 17.7 Å². The fourth-order valence-electron chi connectivity index (χ4n) is 1.73. The first-order valence-electron chi connectivity index (χ1n) is 6.60. The van der Waals surface area contributed by atoms with E-state index in [9.17, 15) is 4.79 Å². The van der Waals surface area contributed by atoms with Gasteiger partial charge in [0.05, 0.1) is 0 Å². The van der Waals surface area contributed by atoms with Crippen molar-refractivity contribution in [2.24, 2.45) is 0 Å². The lowest BCUT2D eigenvalue weighted by Gasteiger charge is -2.06. The topological polar surface area (TPSA) is 66.9 Å². The smallest absolute Gasteiger partial charge is 0.221 e. The molecular formula is C15H18N4O. The second-order valence-corrected chi connectivity index (χ2v) is 4.42. The van der Waals surface area contributed by atoms with Gasteiger partial charge in [-0.1, -0.05) is 6.07 Å². The number of pyridine rings is 2. The molecule has 2 N–H and O–H groups in total. The van der Waals surface area contributed by atoms with E-state index in [2.05, 4.69) is 20.6 Å². The molecule has 0 atom stereocenters. The van der Waals surface area contributed by atoms with Crippen molar-refractivity contribution >= 4 is 5.91 Å². The average Bonchev–Trinajstić information content (AvgIpc) is 2.52. The third-order valence-electron chi connectivity index (χ3n) is 2.82. The van der Waals surface area contributed by atoms with Crippen molar-refractivity contribution in [2.45, 2.75) is 19.5 Å². The van der Waals surface area contributed by atoms with Crippen LogP contribution in [-0.4, -0.2) is 22.4 Å². The van der Waals surface area contributed by atoms with Gasteiger partial charge in [0, 0.05) is 50.8 Å². The third kappa shape index (κ3) is 5.16. The second kappa shape index (κ2) is 8.01. The van der Waals surface area contributed by atoms with Crippen molar-refractivity contribution in [1.29, 1.82) is 0 Å². The largest absolute Gasteiger partial charge is 0.352 e. The molecule has 2 aromatic heterocycles. The van der Waals surface area contributed by atoms with Gasteiger partial charge in [0.25, 0.3) is 0 Å². The van der Waals surface area contributed by atoms with Crippen LogP contribution in [0.3, 0.4) is 0 Å². The van der Waals surface area contributed by atoms with Crippen molar-refractivity contribution in [1.82, 2.24) is 20.6 Å². The molecule has 0 aliphatic heterocycles. The van der Waals surface area contributed by atoms with E-state index in [1.165, 1.54) is 0 Å². The van der Waals surface area contributed by atoms with Crippen LogP contribution in [-0.2, 0) is 17.9 Å². The van der Waals surface area contributed by atoms with Gasteiger partial charge >= 0.3 is 0 Å². The van der Waals surface area contributed by atoms with Crippen molar-refractivity contribution < 1.29 is 4.79 Å². The number of rotatable bonds is 7. The predicted molar refractivity (Wildman–Crippen MR) is 76.6 cm³/mol. The van der Waals surface area contributed by atoms with Gasteiger partial charge in [0.2, 0.25) is 5.91 Å². The van der Waals surface area contributed by atoms with Crippen LogP contribution in [0.1, 0.15) is 17.5 Å². The number of amides is 1. The Morgan fingerprint density at radius 1 is 1.00 bits per heavy atom. The summed E-state index contributed by atoms with van der Waals surface area (Å²) in [4.78, 5) is 19.6. The summed E-state index contributed by atoms with van der Waals surface area (Å²) in [6.07, 6.45) is 7.46. The molecule has 0 radical (unpaired) electrons. The summed E-state index contributed by atoms with van der Waals surface area (Å²) in [5.41, 5.74) is 2.17. The fourth-order valence-corrected chi connectivity index (χ4v) is 1.73. The minimum absolute atomic E-state index is 0.0421. The van der Waals surface area contributed by atoms with E-state index in [0.29, 0.717) is 19.5 Å². The molecule has 0 spiro atoms. The zero-order valence-electron chi connectivity index (χ0n) is 11.2. The van der Waals surface area contributed by atoms with Crippen LogP contribution in [0.2, 0.25) is 0 Å². The number of hydrogen-bond acceptors (Lipinski definition) is 4. The third-order valence-corrected chi connectivity index (χ3v) is 2.82. The van der Waals surface area contributed by atoms with Gasteiger partial charge in [-0.3, -0.25) is 14.8 Å². The molecule has 5 heteroatoms. The lowest BCUT2D eigenvalue weighted by Crippen LogP contribution is -2.27. The average molecular weight is 270 g/mol. The molecule has 0 fully saturated rings. The Hall–Kier alpha value is -2.27. The molecule has 2 rings (SSSR count). The maximum Gasteiger partial charge on any atom is 0.221 e. The van der Waals surface area contributed by atoms with Crippen LogP contribution in [0.15, 0.2) is 49.1 Å². The molecule has 0 bridgehead atoms. The molecule has 0 unspecified atom stereocenters. The summed E-state index contributed by atoms with van der Waals surface area (Å²) >= 11 is 0. The molecule has 0 aromatic carbocycles. The number of carbonyl (C=O) groups is 1. The zero-order valence-corrected chi connectivity index (χ0v) is 11.2. The van der Waals surface area contributed by atoms with Crippen LogP contribution in [0, 0.1) is 0 Å². The second-order valence-electron chi connectivity index (χ2n) is 4.42. The highest BCUT2D eigenvalue weighted by Crippen LogP contribution is 1.96. The van der Waals surface area contributed by atoms with E-state index < -0.39 is 0 Å². The SMILES string of the molecule is O=C(CCNCc1cccnc1)NCc1ccncc1. The van der Waals surface area contributed by atoms with Crippen molar-refractivity contribution in [3.05, 3.63) is 60.2 Å². The Kier molecular flexibility index (Phi) is 5.67. The van der Waals surface area contributed by atoms with E-state index in [-0.39, 0.29) is 5.91 Å². The van der Waals surface area contributed by atoms with Crippen LogP contribution in [0.4, 0.5) is 0 Å². The van der Waals surface area contributed by atoms with Gasteiger partial charge in [-0.25, -0.2) is 0 Å². The highest BCUT2D eigenvalue weighted by molar-refractivity contribution is 5.76. The van der Waals surface area contributed by atoms with Gasteiger partial charge in [-0.2, -0.15) is 0 Å². The standard InChI is InChI=1S/C15H18N4O/c20-15(19-12-13-3-7-16-8-4-13)5-9-18-11-14-2-1-6-17-10-14/h1-4,6-8,10,18H,5,9,11-12H2,(H,19,20). The molecule has 0 aliphatic carbocycles. The van der Waals surface area contributed by atoms with Crippen LogP contribution >= 0.6 is 0 Å². The van der Waals surface area contributed by atoms with Gasteiger partial charge in [0.1, 0.15) is 0 Å². The number of aromatic nitrogens is 2. The van der Waals surface area contributed by atoms with E-state index in [1.54, 1.807) is 18.6 Å². The highest BCUT2D eigenvalue weighted by atomic mass is 16.1. The Morgan fingerprint density at radius 2 is 1.85 bits per heavy atom.